The molecule has 2 aromatic heterocycles. The third-order valence-electron chi connectivity index (χ3n) is 4.10. The van der Waals surface area contributed by atoms with Crippen molar-refractivity contribution in [1.29, 1.82) is 0 Å². The van der Waals surface area contributed by atoms with Gasteiger partial charge >= 0.3 is 0 Å². The number of nitrogens with zero attached hydrogens (tertiary/aromatic N) is 3. The molecule has 0 unspecified atom stereocenters. The van der Waals surface area contributed by atoms with Gasteiger partial charge in [0.05, 0.1) is 0 Å². The standard InChI is InChI=1S/C17H19ClN4O/c1-12-2-3-16(20-11-12)21-17(23)13-5-8-22(9-6-13)14-4-7-19-15(18)10-14/h2-4,7,10-11,13H,5-6,8-9H2,1H3,(H,20,21,23). The minimum atomic E-state index is 0.0201. The molecule has 0 aromatic carbocycles. The van der Waals surface area contributed by atoms with E-state index in [9.17, 15) is 4.79 Å². The Labute approximate surface area is 140 Å². The van der Waals surface area contributed by atoms with Crippen molar-refractivity contribution >= 4 is 29.0 Å². The van der Waals surface area contributed by atoms with Gasteiger partial charge in [0.15, 0.2) is 0 Å². The average molecular weight is 331 g/mol. The molecule has 6 heteroatoms. The summed E-state index contributed by atoms with van der Waals surface area (Å²) in [4.78, 5) is 22.8. The van der Waals surface area contributed by atoms with Crippen molar-refractivity contribution < 1.29 is 4.79 Å². The van der Waals surface area contributed by atoms with Gasteiger partial charge in [0.2, 0.25) is 5.91 Å². The van der Waals surface area contributed by atoms with Crippen LogP contribution in [0.3, 0.4) is 0 Å². The number of amides is 1. The van der Waals surface area contributed by atoms with Crippen LogP contribution in [0.25, 0.3) is 0 Å². The zero-order valence-electron chi connectivity index (χ0n) is 13.0. The molecule has 0 radical (unpaired) electrons. The number of carbonyl (C=O) groups is 1. The third kappa shape index (κ3) is 3.99. The number of nitrogens with one attached hydrogen (secondary N) is 1. The van der Waals surface area contributed by atoms with E-state index in [-0.39, 0.29) is 11.8 Å². The highest BCUT2D eigenvalue weighted by Gasteiger charge is 2.25. The van der Waals surface area contributed by atoms with Crippen LogP contribution < -0.4 is 10.2 Å². The van der Waals surface area contributed by atoms with Gasteiger partial charge < -0.3 is 10.2 Å². The lowest BCUT2D eigenvalue weighted by Crippen LogP contribution is -2.38. The van der Waals surface area contributed by atoms with Gasteiger partial charge in [-0.15, -0.1) is 0 Å². The van der Waals surface area contributed by atoms with Crippen LogP contribution in [-0.4, -0.2) is 29.0 Å². The molecular formula is C17H19ClN4O. The molecular weight excluding hydrogens is 312 g/mol. The monoisotopic (exact) mass is 330 g/mol. The molecule has 1 N–H and O–H groups in total. The van der Waals surface area contributed by atoms with Gasteiger partial charge in [0.1, 0.15) is 11.0 Å². The minimum absolute atomic E-state index is 0.0201. The number of piperidine rings is 1. The van der Waals surface area contributed by atoms with Crippen LogP contribution >= 0.6 is 11.6 Å². The van der Waals surface area contributed by atoms with Crippen molar-refractivity contribution in [3.8, 4) is 0 Å². The first kappa shape index (κ1) is 15.7. The van der Waals surface area contributed by atoms with E-state index in [0.29, 0.717) is 11.0 Å². The third-order valence-corrected chi connectivity index (χ3v) is 4.31. The van der Waals surface area contributed by atoms with E-state index in [1.165, 1.54) is 0 Å². The quantitative estimate of drug-likeness (QED) is 0.877. The van der Waals surface area contributed by atoms with Crippen molar-refractivity contribution in [2.45, 2.75) is 19.8 Å². The Morgan fingerprint density at radius 2 is 2.04 bits per heavy atom. The first-order valence-corrected chi connectivity index (χ1v) is 8.09. The fraction of sp³-hybridized carbons (Fsp3) is 0.353. The van der Waals surface area contributed by atoms with Gasteiger partial charge in [-0.05, 0) is 43.5 Å². The minimum Gasteiger partial charge on any atom is -0.371 e. The summed E-state index contributed by atoms with van der Waals surface area (Å²) >= 11 is 5.94. The second-order valence-corrected chi connectivity index (χ2v) is 6.20. The van der Waals surface area contributed by atoms with E-state index in [4.69, 9.17) is 11.6 Å². The van der Waals surface area contributed by atoms with E-state index in [0.717, 1.165) is 37.2 Å². The molecule has 3 rings (SSSR count). The van der Waals surface area contributed by atoms with Gasteiger partial charge in [0, 0.05) is 37.1 Å². The smallest absolute Gasteiger partial charge is 0.228 e. The average Bonchev–Trinajstić information content (AvgIpc) is 2.57. The lowest BCUT2D eigenvalue weighted by Gasteiger charge is -2.32. The number of anilines is 2. The lowest BCUT2D eigenvalue weighted by atomic mass is 9.95. The summed E-state index contributed by atoms with van der Waals surface area (Å²) in [6, 6.07) is 7.58. The summed E-state index contributed by atoms with van der Waals surface area (Å²) < 4.78 is 0. The SMILES string of the molecule is Cc1ccc(NC(=O)C2CCN(c3ccnc(Cl)c3)CC2)nc1. The molecule has 0 bridgehead atoms. The van der Waals surface area contributed by atoms with Gasteiger partial charge in [-0.2, -0.15) is 0 Å². The van der Waals surface area contributed by atoms with Crippen LogP contribution in [0, 0.1) is 12.8 Å². The van der Waals surface area contributed by atoms with E-state index in [1.54, 1.807) is 12.4 Å². The van der Waals surface area contributed by atoms with E-state index >= 15 is 0 Å². The summed E-state index contributed by atoms with van der Waals surface area (Å²) in [6.07, 6.45) is 5.10. The first-order valence-electron chi connectivity index (χ1n) is 7.72. The molecule has 1 saturated heterocycles. The van der Waals surface area contributed by atoms with Crippen LogP contribution in [0.5, 0.6) is 0 Å². The summed E-state index contributed by atoms with van der Waals surface area (Å²) in [7, 11) is 0. The zero-order valence-corrected chi connectivity index (χ0v) is 13.8. The number of aryl methyl sites for hydroxylation is 1. The topological polar surface area (TPSA) is 58.1 Å². The maximum atomic E-state index is 12.3. The van der Waals surface area contributed by atoms with Crippen molar-refractivity contribution in [2.75, 3.05) is 23.3 Å². The Hall–Kier alpha value is -2.14. The molecule has 23 heavy (non-hydrogen) atoms. The van der Waals surface area contributed by atoms with Crippen molar-refractivity contribution in [1.82, 2.24) is 9.97 Å². The lowest BCUT2D eigenvalue weighted by molar-refractivity contribution is -0.120. The predicted molar refractivity (Wildman–Crippen MR) is 91.8 cm³/mol. The Morgan fingerprint density at radius 1 is 1.26 bits per heavy atom. The molecule has 0 atom stereocenters. The first-order chi connectivity index (χ1) is 11.1. The van der Waals surface area contributed by atoms with Crippen LogP contribution in [0.1, 0.15) is 18.4 Å². The predicted octanol–water partition coefficient (Wildman–Crippen LogP) is 3.29. The molecule has 1 aliphatic rings. The molecule has 2 aromatic rings. The van der Waals surface area contributed by atoms with Gasteiger partial charge in [-0.25, -0.2) is 9.97 Å². The number of rotatable bonds is 3. The maximum absolute atomic E-state index is 12.3. The van der Waals surface area contributed by atoms with Gasteiger partial charge in [0.25, 0.3) is 0 Å². The number of hydrogen-bond donors (Lipinski definition) is 1. The second-order valence-electron chi connectivity index (χ2n) is 5.81. The number of aromatic nitrogens is 2. The number of carbonyl (C=O) groups excluding carboxylic acids is 1. The molecule has 1 fully saturated rings. The molecule has 0 saturated carbocycles. The largest absolute Gasteiger partial charge is 0.371 e. The molecule has 5 nitrogen and oxygen atoms in total. The van der Waals surface area contributed by atoms with E-state index < -0.39 is 0 Å². The summed E-state index contributed by atoms with van der Waals surface area (Å²) in [5.74, 6) is 0.685. The highest BCUT2D eigenvalue weighted by atomic mass is 35.5. The zero-order chi connectivity index (χ0) is 16.2. The van der Waals surface area contributed by atoms with E-state index in [1.807, 2.05) is 31.2 Å². The van der Waals surface area contributed by atoms with Crippen molar-refractivity contribution in [3.05, 3.63) is 47.4 Å². The summed E-state index contributed by atoms with van der Waals surface area (Å²) in [6.45, 7) is 3.64. The van der Waals surface area contributed by atoms with Crippen LogP contribution in [0.15, 0.2) is 36.7 Å². The van der Waals surface area contributed by atoms with Crippen molar-refractivity contribution in [2.24, 2.45) is 5.92 Å². The van der Waals surface area contributed by atoms with Crippen molar-refractivity contribution in [3.63, 3.8) is 0 Å². The number of pyridine rings is 2. The Balaban J connectivity index is 1.56. The highest BCUT2D eigenvalue weighted by molar-refractivity contribution is 6.29. The molecule has 3 heterocycles. The Morgan fingerprint density at radius 3 is 2.70 bits per heavy atom. The Kier molecular flexibility index (Phi) is 4.76. The van der Waals surface area contributed by atoms with Gasteiger partial charge in [-0.3, -0.25) is 4.79 Å². The van der Waals surface area contributed by atoms with Crippen LogP contribution in [-0.2, 0) is 4.79 Å². The fourth-order valence-corrected chi connectivity index (χ4v) is 2.93. The number of halogens is 1. The maximum Gasteiger partial charge on any atom is 0.228 e. The summed E-state index contributed by atoms with van der Waals surface area (Å²) in [5.41, 5.74) is 2.14. The normalized spacial score (nSPS) is 15.5. The second kappa shape index (κ2) is 6.96. The van der Waals surface area contributed by atoms with E-state index in [2.05, 4.69) is 20.2 Å². The fourth-order valence-electron chi connectivity index (χ4n) is 2.76. The van der Waals surface area contributed by atoms with Crippen LogP contribution in [0.4, 0.5) is 11.5 Å². The molecule has 0 aliphatic carbocycles. The Bertz CT molecular complexity index is 681. The molecule has 1 aliphatic heterocycles. The molecule has 0 spiro atoms. The molecule has 120 valence electrons. The highest BCUT2D eigenvalue weighted by Crippen LogP contribution is 2.25. The summed E-state index contributed by atoms with van der Waals surface area (Å²) in [5, 5.41) is 3.40. The van der Waals surface area contributed by atoms with Crippen LogP contribution in [0.2, 0.25) is 5.15 Å². The molecule has 1 amide bonds. The van der Waals surface area contributed by atoms with Gasteiger partial charge in [-0.1, -0.05) is 17.7 Å². The number of hydrogen-bond acceptors (Lipinski definition) is 4.